The highest BCUT2D eigenvalue weighted by atomic mass is 35.5. The first-order chi connectivity index (χ1) is 12.0. The number of carbonyl (C=O) groups is 1. The molecular weight excluding hydrogens is 336 g/mol. The highest BCUT2D eigenvalue weighted by molar-refractivity contribution is 6.30. The summed E-state index contributed by atoms with van der Waals surface area (Å²) in [5, 5.41) is 4.77. The molecule has 0 radical (unpaired) electrons. The van der Waals surface area contributed by atoms with Crippen LogP contribution in [0, 0.1) is 0 Å². The van der Waals surface area contributed by atoms with Crippen LogP contribution in [0.4, 0.5) is 0 Å². The van der Waals surface area contributed by atoms with Crippen LogP contribution in [0.25, 0.3) is 10.9 Å². The summed E-state index contributed by atoms with van der Waals surface area (Å²) in [7, 11) is 0. The lowest BCUT2D eigenvalue weighted by Gasteiger charge is -2.25. The molecule has 3 aromatic rings. The summed E-state index contributed by atoms with van der Waals surface area (Å²) in [4.78, 5) is 12.5. The zero-order valence-electron chi connectivity index (χ0n) is 14.3. The lowest BCUT2D eigenvalue weighted by molar-refractivity contribution is -0.134. The predicted octanol–water partition coefficient (Wildman–Crippen LogP) is 4.27. The molecule has 1 heterocycles. The third-order valence-electron chi connectivity index (χ3n) is 4.05. The van der Waals surface area contributed by atoms with Crippen LogP contribution < -0.4 is 10.1 Å². The summed E-state index contributed by atoms with van der Waals surface area (Å²) in [6.07, 6.45) is 2.03. The number of hydrogen-bond acceptors (Lipinski definition) is 2. The highest BCUT2D eigenvalue weighted by Crippen LogP contribution is 2.21. The van der Waals surface area contributed by atoms with Gasteiger partial charge in [0.2, 0.25) is 0 Å². The molecule has 0 aliphatic carbocycles. The van der Waals surface area contributed by atoms with E-state index in [2.05, 4.69) is 28.1 Å². The van der Waals surface area contributed by atoms with Gasteiger partial charge in [-0.15, -0.1) is 0 Å². The van der Waals surface area contributed by atoms with Gasteiger partial charge in [0.1, 0.15) is 5.75 Å². The number of benzene rings is 2. The Morgan fingerprint density at radius 3 is 2.60 bits per heavy atom. The average molecular weight is 357 g/mol. The molecule has 0 aliphatic heterocycles. The predicted molar refractivity (Wildman–Crippen MR) is 101 cm³/mol. The van der Waals surface area contributed by atoms with Gasteiger partial charge in [0.15, 0.2) is 5.60 Å². The molecule has 0 spiro atoms. The molecule has 2 aromatic carbocycles. The molecule has 3 rings (SSSR count). The smallest absolute Gasteiger partial charge is 0.263 e. The Kier molecular flexibility index (Phi) is 5.00. The minimum Gasteiger partial charge on any atom is -0.478 e. The van der Waals surface area contributed by atoms with Crippen molar-refractivity contribution in [1.29, 1.82) is 0 Å². The largest absolute Gasteiger partial charge is 0.478 e. The van der Waals surface area contributed by atoms with Crippen LogP contribution in [0.3, 0.4) is 0 Å². The molecule has 0 fully saturated rings. The van der Waals surface area contributed by atoms with Crippen molar-refractivity contribution in [2.75, 3.05) is 6.54 Å². The summed E-state index contributed by atoms with van der Waals surface area (Å²) < 4.78 is 7.93. The van der Waals surface area contributed by atoms with E-state index in [1.165, 1.54) is 5.39 Å². The summed E-state index contributed by atoms with van der Waals surface area (Å²) in [6.45, 7) is 4.74. The standard InChI is InChI=1S/C20H21ClN2O2/c1-20(2,25-17-9-7-16(21)8-10-17)19(24)22-12-14-23-13-11-15-5-3-4-6-18(15)23/h3-11,13H,12,14H2,1-2H3,(H,22,24). The first kappa shape index (κ1) is 17.4. The van der Waals surface area contributed by atoms with Gasteiger partial charge in [-0.25, -0.2) is 0 Å². The number of rotatable bonds is 6. The van der Waals surface area contributed by atoms with Gasteiger partial charge in [-0.1, -0.05) is 29.8 Å². The molecule has 1 N–H and O–H groups in total. The van der Waals surface area contributed by atoms with E-state index in [1.807, 2.05) is 18.3 Å². The van der Waals surface area contributed by atoms with Gasteiger partial charge < -0.3 is 14.6 Å². The van der Waals surface area contributed by atoms with Crippen LogP contribution in [0.1, 0.15) is 13.8 Å². The Hall–Kier alpha value is -2.46. The van der Waals surface area contributed by atoms with Gasteiger partial charge in [0.05, 0.1) is 0 Å². The highest BCUT2D eigenvalue weighted by Gasteiger charge is 2.29. The number of ether oxygens (including phenoxy) is 1. The van der Waals surface area contributed by atoms with Crippen LogP contribution in [0.2, 0.25) is 5.02 Å². The van der Waals surface area contributed by atoms with Gasteiger partial charge in [0, 0.05) is 29.8 Å². The Labute approximate surface area is 152 Å². The molecule has 4 nitrogen and oxygen atoms in total. The van der Waals surface area contributed by atoms with Crippen molar-refractivity contribution in [1.82, 2.24) is 9.88 Å². The average Bonchev–Trinajstić information content (AvgIpc) is 3.00. The van der Waals surface area contributed by atoms with Crippen molar-refractivity contribution in [2.24, 2.45) is 0 Å². The van der Waals surface area contributed by atoms with Crippen LogP contribution >= 0.6 is 11.6 Å². The van der Waals surface area contributed by atoms with Crippen molar-refractivity contribution in [3.05, 3.63) is 65.8 Å². The minimum atomic E-state index is -0.966. The van der Waals surface area contributed by atoms with Crippen molar-refractivity contribution < 1.29 is 9.53 Å². The Morgan fingerprint density at radius 2 is 1.84 bits per heavy atom. The maximum absolute atomic E-state index is 12.5. The first-order valence-corrected chi connectivity index (χ1v) is 8.60. The molecule has 0 atom stereocenters. The fourth-order valence-corrected chi connectivity index (χ4v) is 2.81. The van der Waals surface area contributed by atoms with Gasteiger partial charge in [0.25, 0.3) is 5.91 Å². The number of para-hydroxylation sites is 1. The van der Waals surface area contributed by atoms with Crippen LogP contribution in [-0.2, 0) is 11.3 Å². The number of halogens is 1. The second kappa shape index (κ2) is 7.19. The van der Waals surface area contributed by atoms with Crippen LogP contribution in [-0.4, -0.2) is 22.6 Å². The van der Waals surface area contributed by atoms with E-state index in [1.54, 1.807) is 38.1 Å². The molecule has 1 amide bonds. The fraction of sp³-hybridized carbons (Fsp3) is 0.250. The zero-order valence-corrected chi connectivity index (χ0v) is 15.1. The second-order valence-corrected chi connectivity index (χ2v) is 6.83. The van der Waals surface area contributed by atoms with Gasteiger partial charge >= 0.3 is 0 Å². The fourth-order valence-electron chi connectivity index (χ4n) is 2.68. The molecule has 5 heteroatoms. The quantitative estimate of drug-likeness (QED) is 0.716. The van der Waals surface area contributed by atoms with Crippen molar-refractivity contribution in [3.8, 4) is 5.75 Å². The van der Waals surface area contributed by atoms with E-state index in [9.17, 15) is 4.79 Å². The summed E-state index contributed by atoms with van der Waals surface area (Å²) in [6, 6.07) is 17.2. The Morgan fingerprint density at radius 1 is 1.12 bits per heavy atom. The molecule has 25 heavy (non-hydrogen) atoms. The molecule has 130 valence electrons. The molecule has 0 aliphatic rings. The summed E-state index contributed by atoms with van der Waals surface area (Å²) in [5.74, 6) is 0.458. The van der Waals surface area contributed by atoms with Gasteiger partial charge in [-0.3, -0.25) is 4.79 Å². The van der Waals surface area contributed by atoms with E-state index in [0.29, 0.717) is 23.9 Å². The normalized spacial score (nSPS) is 11.5. The maximum atomic E-state index is 12.5. The number of fused-ring (bicyclic) bond motifs is 1. The van der Waals surface area contributed by atoms with Gasteiger partial charge in [-0.2, -0.15) is 0 Å². The number of nitrogens with zero attached hydrogens (tertiary/aromatic N) is 1. The number of nitrogens with one attached hydrogen (secondary N) is 1. The van der Waals surface area contributed by atoms with Crippen LogP contribution in [0.5, 0.6) is 5.75 Å². The third kappa shape index (κ3) is 4.15. The molecule has 0 bridgehead atoms. The van der Waals surface area contributed by atoms with E-state index >= 15 is 0 Å². The monoisotopic (exact) mass is 356 g/mol. The molecule has 0 saturated heterocycles. The van der Waals surface area contributed by atoms with Crippen molar-refractivity contribution in [3.63, 3.8) is 0 Å². The van der Waals surface area contributed by atoms with E-state index in [4.69, 9.17) is 16.3 Å². The lowest BCUT2D eigenvalue weighted by Crippen LogP contribution is -2.47. The molecule has 1 aromatic heterocycles. The van der Waals surface area contributed by atoms with Crippen LogP contribution in [0.15, 0.2) is 60.8 Å². The number of carbonyl (C=O) groups excluding carboxylic acids is 1. The van der Waals surface area contributed by atoms with Gasteiger partial charge in [-0.05, 0) is 55.6 Å². The second-order valence-electron chi connectivity index (χ2n) is 6.39. The zero-order chi connectivity index (χ0) is 17.9. The topological polar surface area (TPSA) is 43.3 Å². The molecule has 0 unspecified atom stereocenters. The Bertz CT molecular complexity index is 869. The lowest BCUT2D eigenvalue weighted by atomic mass is 10.1. The Balaban J connectivity index is 1.56. The van der Waals surface area contributed by atoms with E-state index in [-0.39, 0.29) is 5.91 Å². The molecule has 0 saturated carbocycles. The van der Waals surface area contributed by atoms with Crippen molar-refractivity contribution >= 4 is 28.4 Å². The first-order valence-electron chi connectivity index (χ1n) is 8.22. The minimum absolute atomic E-state index is 0.154. The van der Waals surface area contributed by atoms with E-state index in [0.717, 1.165) is 5.52 Å². The summed E-state index contributed by atoms with van der Waals surface area (Å²) in [5.41, 5.74) is 0.195. The third-order valence-corrected chi connectivity index (χ3v) is 4.30. The maximum Gasteiger partial charge on any atom is 0.263 e. The SMILES string of the molecule is CC(C)(Oc1ccc(Cl)cc1)C(=O)NCCn1ccc2ccccc21. The number of amides is 1. The van der Waals surface area contributed by atoms with Crippen molar-refractivity contribution in [2.45, 2.75) is 26.0 Å². The number of aromatic nitrogens is 1. The number of hydrogen-bond donors (Lipinski definition) is 1. The summed E-state index contributed by atoms with van der Waals surface area (Å²) >= 11 is 5.87. The molecular formula is C20H21ClN2O2. The van der Waals surface area contributed by atoms with E-state index < -0.39 is 5.60 Å².